The highest BCUT2D eigenvalue weighted by Gasteiger charge is 2.23. The summed E-state index contributed by atoms with van der Waals surface area (Å²) in [6.45, 7) is 1.90. The molecule has 1 heterocycles. The third kappa shape index (κ3) is 4.13. The number of nitrogens with one attached hydrogen (secondary N) is 1. The lowest BCUT2D eigenvalue weighted by atomic mass is 10.2. The molecule has 0 aliphatic heterocycles. The molecule has 7 heteroatoms. The van der Waals surface area contributed by atoms with Gasteiger partial charge in [-0.15, -0.1) is 23.1 Å². The van der Waals surface area contributed by atoms with Gasteiger partial charge in [0.25, 0.3) is 0 Å². The van der Waals surface area contributed by atoms with Crippen molar-refractivity contribution in [3.05, 3.63) is 35.2 Å². The number of nitrogens with zero attached hydrogens (tertiary/aromatic N) is 1. The van der Waals surface area contributed by atoms with Gasteiger partial charge in [0.2, 0.25) is 5.91 Å². The number of hydrogen-bond donors (Lipinski definition) is 1. The van der Waals surface area contributed by atoms with Crippen molar-refractivity contribution in [2.45, 2.75) is 43.1 Å². The fraction of sp³-hybridized carbons (Fsp3) is 0.412. The van der Waals surface area contributed by atoms with Crippen LogP contribution >= 0.6 is 23.1 Å². The van der Waals surface area contributed by atoms with Gasteiger partial charge in [-0.1, -0.05) is 12.8 Å². The lowest BCUT2D eigenvalue weighted by Crippen LogP contribution is -2.24. The zero-order valence-corrected chi connectivity index (χ0v) is 14.9. The van der Waals surface area contributed by atoms with Gasteiger partial charge in [0.1, 0.15) is 0 Å². The molecule has 1 fully saturated rings. The molecule has 2 aromatic rings. The van der Waals surface area contributed by atoms with Crippen LogP contribution in [-0.2, 0) is 4.79 Å². The SMILES string of the molecule is C[C@H](SC1CCCC1)C(=O)Nc1nc(-c2ccc(F)c(F)c2)cs1. The second-order valence-corrected chi connectivity index (χ2v) is 8.34. The molecule has 0 unspecified atom stereocenters. The van der Waals surface area contributed by atoms with E-state index in [1.165, 1.54) is 43.1 Å². The van der Waals surface area contributed by atoms with E-state index in [9.17, 15) is 13.6 Å². The smallest absolute Gasteiger partial charge is 0.238 e. The van der Waals surface area contributed by atoms with Crippen molar-refractivity contribution in [3.8, 4) is 11.3 Å². The van der Waals surface area contributed by atoms with Crippen LogP contribution in [0.4, 0.5) is 13.9 Å². The lowest BCUT2D eigenvalue weighted by Gasteiger charge is -2.14. The molecule has 3 nitrogen and oxygen atoms in total. The van der Waals surface area contributed by atoms with Gasteiger partial charge in [0.05, 0.1) is 10.9 Å². The van der Waals surface area contributed by atoms with Crippen molar-refractivity contribution in [2.24, 2.45) is 0 Å². The Morgan fingerprint density at radius 1 is 1.33 bits per heavy atom. The van der Waals surface area contributed by atoms with E-state index in [1.807, 2.05) is 6.92 Å². The second kappa shape index (κ2) is 7.61. The number of carbonyl (C=O) groups excluding carboxylic acids is 1. The van der Waals surface area contributed by atoms with Crippen molar-refractivity contribution in [3.63, 3.8) is 0 Å². The Bertz CT molecular complexity index is 729. The zero-order chi connectivity index (χ0) is 17.1. The number of rotatable bonds is 5. The summed E-state index contributed by atoms with van der Waals surface area (Å²) < 4.78 is 26.3. The maximum atomic E-state index is 13.3. The van der Waals surface area contributed by atoms with E-state index < -0.39 is 11.6 Å². The Balaban J connectivity index is 1.62. The van der Waals surface area contributed by atoms with Gasteiger partial charge in [0, 0.05) is 16.2 Å². The summed E-state index contributed by atoms with van der Waals surface area (Å²) in [5, 5.41) is 5.44. The minimum Gasteiger partial charge on any atom is -0.301 e. The first-order valence-corrected chi connectivity index (χ1v) is 9.72. The van der Waals surface area contributed by atoms with Gasteiger partial charge < -0.3 is 5.32 Å². The first-order chi connectivity index (χ1) is 11.5. The molecule has 1 aromatic heterocycles. The molecule has 24 heavy (non-hydrogen) atoms. The number of thiazole rings is 1. The number of amides is 1. The molecule has 128 valence electrons. The fourth-order valence-corrected chi connectivity index (χ4v) is 4.79. The van der Waals surface area contributed by atoms with Crippen molar-refractivity contribution < 1.29 is 13.6 Å². The summed E-state index contributed by atoms with van der Waals surface area (Å²) in [4.78, 5) is 16.6. The minimum atomic E-state index is -0.910. The maximum Gasteiger partial charge on any atom is 0.238 e. The number of halogens is 2. The summed E-state index contributed by atoms with van der Waals surface area (Å²) >= 11 is 2.99. The molecule has 1 atom stereocenters. The highest BCUT2D eigenvalue weighted by molar-refractivity contribution is 8.01. The lowest BCUT2D eigenvalue weighted by molar-refractivity contribution is -0.115. The van der Waals surface area contributed by atoms with Crippen molar-refractivity contribution in [1.82, 2.24) is 4.98 Å². The fourth-order valence-electron chi connectivity index (χ4n) is 2.70. The predicted octanol–water partition coefficient (Wildman–Crippen LogP) is 5.09. The van der Waals surface area contributed by atoms with Gasteiger partial charge in [-0.25, -0.2) is 13.8 Å². The van der Waals surface area contributed by atoms with Crippen LogP contribution in [0.25, 0.3) is 11.3 Å². The number of benzene rings is 1. The van der Waals surface area contributed by atoms with Crippen LogP contribution in [0.15, 0.2) is 23.6 Å². The number of anilines is 1. The van der Waals surface area contributed by atoms with E-state index >= 15 is 0 Å². The molecule has 1 aliphatic rings. The van der Waals surface area contributed by atoms with Crippen LogP contribution in [-0.4, -0.2) is 21.4 Å². The molecule has 3 rings (SSSR count). The highest BCUT2D eigenvalue weighted by Crippen LogP contribution is 2.33. The van der Waals surface area contributed by atoms with Gasteiger partial charge in [-0.2, -0.15) is 0 Å². The van der Waals surface area contributed by atoms with E-state index in [2.05, 4.69) is 10.3 Å². The average molecular weight is 368 g/mol. The molecule has 1 saturated carbocycles. The normalized spacial score (nSPS) is 16.3. The van der Waals surface area contributed by atoms with Gasteiger partial charge in [-0.05, 0) is 38.0 Å². The van der Waals surface area contributed by atoms with Crippen molar-refractivity contribution >= 4 is 34.1 Å². The third-order valence-electron chi connectivity index (χ3n) is 4.02. The molecule has 1 amide bonds. The van der Waals surface area contributed by atoms with Crippen molar-refractivity contribution in [2.75, 3.05) is 5.32 Å². The van der Waals surface area contributed by atoms with Crippen LogP contribution in [0.1, 0.15) is 32.6 Å². The topological polar surface area (TPSA) is 42.0 Å². The molecule has 0 radical (unpaired) electrons. The van der Waals surface area contributed by atoms with Crippen LogP contribution in [0, 0.1) is 11.6 Å². The summed E-state index contributed by atoms with van der Waals surface area (Å²) in [6.07, 6.45) is 4.85. The van der Waals surface area contributed by atoms with E-state index in [0.717, 1.165) is 12.1 Å². The van der Waals surface area contributed by atoms with E-state index in [-0.39, 0.29) is 11.2 Å². The zero-order valence-electron chi connectivity index (χ0n) is 13.2. The number of aromatic nitrogens is 1. The predicted molar refractivity (Wildman–Crippen MR) is 95.4 cm³/mol. The Kier molecular flexibility index (Phi) is 5.50. The first kappa shape index (κ1) is 17.4. The molecule has 1 N–H and O–H groups in total. The van der Waals surface area contributed by atoms with Crippen LogP contribution in [0.3, 0.4) is 0 Å². The largest absolute Gasteiger partial charge is 0.301 e. The molecular formula is C17H18F2N2OS2. The average Bonchev–Trinajstić information content (AvgIpc) is 3.22. The summed E-state index contributed by atoms with van der Waals surface area (Å²) in [5.74, 6) is -1.87. The first-order valence-electron chi connectivity index (χ1n) is 7.90. The van der Waals surface area contributed by atoms with E-state index in [0.29, 0.717) is 21.6 Å². The Morgan fingerprint density at radius 3 is 2.79 bits per heavy atom. The molecular weight excluding hydrogens is 350 g/mol. The van der Waals surface area contributed by atoms with Crippen LogP contribution < -0.4 is 5.32 Å². The third-order valence-corrected chi connectivity index (χ3v) is 6.25. The Hall–Kier alpha value is -1.47. The highest BCUT2D eigenvalue weighted by atomic mass is 32.2. The van der Waals surface area contributed by atoms with Crippen LogP contribution in [0.2, 0.25) is 0 Å². The Labute approximate surface area is 147 Å². The molecule has 0 spiro atoms. The number of hydrogen-bond acceptors (Lipinski definition) is 4. The van der Waals surface area contributed by atoms with Crippen molar-refractivity contribution in [1.29, 1.82) is 0 Å². The second-order valence-electron chi connectivity index (χ2n) is 5.84. The van der Waals surface area contributed by atoms with Gasteiger partial charge in [0.15, 0.2) is 16.8 Å². The number of thioether (sulfide) groups is 1. The standard InChI is InChI=1S/C17H18F2N2OS2/c1-10(24-12-4-2-3-5-12)16(22)21-17-20-15(9-23-17)11-6-7-13(18)14(19)8-11/h6-10,12H,2-5H2,1H3,(H,20,21,22)/t10-/m0/s1. The van der Waals surface area contributed by atoms with Gasteiger partial charge in [-0.3, -0.25) is 4.79 Å². The van der Waals surface area contributed by atoms with E-state index in [4.69, 9.17) is 0 Å². The van der Waals surface area contributed by atoms with E-state index in [1.54, 1.807) is 17.1 Å². The quantitative estimate of drug-likeness (QED) is 0.799. The Morgan fingerprint density at radius 2 is 2.08 bits per heavy atom. The molecule has 1 aromatic carbocycles. The molecule has 0 saturated heterocycles. The number of carbonyl (C=O) groups is 1. The van der Waals surface area contributed by atoms with Gasteiger partial charge >= 0.3 is 0 Å². The summed E-state index contributed by atoms with van der Waals surface area (Å²) in [5.41, 5.74) is 1.00. The molecule has 1 aliphatic carbocycles. The maximum absolute atomic E-state index is 13.3. The monoisotopic (exact) mass is 368 g/mol. The summed E-state index contributed by atoms with van der Waals surface area (Å²) in [6, 6.07) is 3.65. The minimum absolute atomic E-state index is 0.0712. The van der Waals surface area contributed by atoms with Crippen LogP contribution in [0.5, 0.6) is 0 Å². The summed E-state index contributed by atoms with van der Waals surface area (Å²) in [7, 11) is 0. The molecule has 0 bridgehead atoms.